The fourth-order valence-electron chi connectivity index (χ4n) is 3.66. The molecule has 168 valence electrons. The topological polar surface area (TPSA) is 87.6 Å². The molecule has 1 aliphatic heterocycles. The van der Waals surface area contributed by atoms with E-state index in [0.717, 1.165) is 29.3 Å². The molecule has 0 atom stereocenters. The molecule has 1 aromatic carbocycles. The minimum absolute atomic E-state index is 0.101. The number of hydrogen-bond donors (Lipinski definition) is 1. The predicted octanol–water partition coefficient (Wildman–Crippen LogP) is 3.68. The highest BCUT2D eigenvalue weighted by Crippen LogP contribution is 2.15. The molecule has 2 amide bonds. The lowest BCUT2D eigenvalue weighted by Gasteiger charge is -2.34. The molecule has 2 aromatic rings. The van der Waals surface area contributed by atoms with Crippen LogP contribution in [0.4, 0.5) is 4.79 Å². The Morgan fingerprint density at radius 2 is 1.84 bits per heavy atom. The summed E-state index contributed by atoms with van der Waals surface area (Å²) in [5.41, 5.74) is 0.624. The summed E-state index contributed by atoms with van der Waals surface area (Å²) in [7, 11) is 0. The zero-order chi connectivity index (χ0) is 22.4. The van der Waals surface area contributed by atoms with Crippen molar-refractivity contribution in [3.8, 4) is 0 Å². The fraction of sp³-hybridized carbons (Fsp3) is 0.524. The summed E-state index contributed by atoms with van der Waals surface area (Å²) in [5, 5.41) is 0.597. The minimum Gasteiger partial charge on any atom is -0.450 e. The van der Waals surface area contributed by atoms with Crippen LogP contribution in [0.5, 0.6) is 0 Å². The summed E-state index contributed by atoms with van der Waals surface area (Å²) < 4.78 is 7.84. The van der Waals surface area contributed by atoms with Crippen LogP contribution in [0.3, 0.4) is 0 Å². The Kier molecular flexibility index (Phi) is 8.25. The lowest BCUT2D eigenvalue weighted by Crippen LogP contribution is -2.50. The molecule has 1 aliphatic rings. The standard InChI is InChI=1S/C21H27BrN4O4S/c1-2-30-21(29)25-12-10-24(11-13-25)18(27)6-4-3-5-9-26-19(28)16-14-15(22)7-8-17(16)23-20(26)31/h7-8,14H,2-6,9-13H2,1H3,(H,23,31). The molecule has 0 aliphatic carbocycles. The number of unbranched alkanes of at least 4 members (excludes halogenated alkanes) is 2. The van der Waals surface area contributed by atoms with Crippen LogP contribution in [-0.2, 0) is 16.1 Å². The monoisotopic (exact) mass is 510 g/mol. The quantitative estimate of drug-likeness (QED) is 0.453. The summed E-state index contributed by atoms with van der Waals surface area (Å²) in [6, 6.07) is 5.49. The normalized spacial score (nSPS) is 14.1. The molecule has 10 heteroatoms. The Balaban J connectivity index is 1.44. The third kappa shape index (κ3) is 5.94. The first-order chi connectivity index (χ1) is 14.9. The minimum atomic E-state index is -0.316. The van der Waals surface area contributed by atoms with E-state index in [1.54, 1.807) is 27.4 Å². The van der Waals surface area contributed by atoms with E-state index in [4.69, 9.17) is 17.0 Å². The highest BCUT2D eigenvalue weighted by atomic mass is 79.9. The number of rotatable bonds is 7. The van der Waals surface area contributed by atoms with Crippen molar-refractivity contribution in [3.05, 3.63) is 37.8 Å². The average molecular weight is 511 g/mol. The molecule has 0 bridgehead atoms. The third-order valence-electron chi connectivity index (χ3n) is 5.37. The van der Waals surface area contributed by atoms with Crippen molar-refractivity contribution in [1.82, 2.24) is 19.4 Å². The van der Waals surface area contributed by atoms with Crippen LogP contribution in [0.2, 0.25) is 0 Å². The summed E-state index contributed by atoms with van der Waals surface area (Å²) >= 11 is 8.74. The van der Waals surface area contributed by atoms with E-state index >= 15 is 0 Å². The smallest absolute Gasteiger partial charge is 0.409 e. The van der Waals surface area contributed by atoms with Gasteiger partial charge in [0.05, 0.1) is 17.5 Å². The van der Waals surface area contributed by atoms with Crippen LogP contribution in [0.25, 0.3) is 10.9 Å². The number of hydrogen-bond acceptors (Lipinski definition) is 5. The van der Waals surface area contributed by atoms with Crippen LogP contribution in [0.15, 0.2) is 27.5 Å². The van der Waals surface area contributed by atoms with Gasteiger partial charge in [-0.1, -0.05) is 22.4 Å². The molecule has 1 fully saturated rings. The van der Waals surface area contributed by atoms with E-state index in [1.165, 1.54) is 0 Å². The van der Waals surface area contributed by atoms with Crippen LogP contribution in [0.1, 0.15) is 32.6 Å². The van der Waals surface area contributed by atoms with Gasteiger partial charge in [0.2, 0.25) is 5.91 Å². The number of aromatic amines is 1. The number of aromatic nitrogens is 2. The molecule has 0 radical (unpaired) electrons. The molecule has 3 rings (SSSR count). The molecule has 1 saturated heterocycles. The van der Waals surface area contributed by atoms with Crippen molar-refractivity contribution in [3.63, 3.8) is 0 Å². The van der Waals surface area contributed by atoms with E-state index in [9.17, 15) is 14.4 Å². The van der Waals surface area contributed by atoms with Gasteiger partial charge in [0.15, 0.2) is 4.77 Å². The molecule has 31 heavy (non-hydrogen) atoms. The van der Waals surface area contributed by atoms with Gasteiger partial charge in [-0.25, -0.2) is 4.79 Å². The van der Waals surface area contributed by atoms with E-state index in [1.807, 2.05) is 12.1 Å². The van der Waals surface area contributed by atoms with Crippen molar-refractivity contribution >= 4 is 51.1 Å². The number of amides is 2. The molecular formula is C21H27BrN4O4S. The first-order valence-electron chi connectivity index (χ1n) is 10.5. The molecule has 1 N–H and O–H groups in total. The van der Waals surface area contributed by atoms with Gasteiger partial charge >= 0.3 is 6.09 Å². The second kappa shape index (κ2) is 10.9. The number of nitrogens with one attached hydrogen (secondary N) is 1. The number of nitrogens with zero attached hydrogens (tertiary/aromatic N) is 3. The van der Waals surface area contributed by atoms with E-state index in [0.29, 0.717) is 55.9 Å². The Morgan fingerprint density at radius 1 is 1.13 bits per heavy atom. The third-order valence-corrected chi connectivity index (χ3v) is 6.19. The van der Waals surface area contributed by atoms with Crippen molar-refractivity contribution < 1.29 is 14.3 Å². The van der Waals surface area contributed by atoms with Crippen molar-refractivity contribution in [1.29, 1.82) is 0 Å². The van der Waals surface area contributed by atoms with Crippen molar-refractivity contribution in [2.24, 2.45) is 0 Å². The number of H-pyrrole nitrogens is 1. The predicted molar refractivity (Wildman–Crippen MR) is 125 cm³/mol. The molecule has 0 unspecified atom stereocenters. The molecular weight excluding hydrogens is 484 g/mol. The Labute approximate surface area is 194 Å². The van der Waals surface area contributed by atoms with E-state index in [-0.39, 0.29) is 17.6 Å². The van der Waals surface area contributed by atoms with Gasteiger partial charge in [0, 0.05) is 43.6 Å². The maximum absolute atomic E-state index is 12.8. The zero-order valence-corrected chi connectivity index (χ0v) is 20.0. The first-order valence-corrected chi connectivity index (χ1v) is 11.7. The van der Waals surface area contributed by atoms with Crippen molar-refractivity contribution in [2.45, 2.75) is 39.2 Å². The zero-order valence-electron chi connectivity index (χ0n) is 17.6. The van der Waals surface area contributed by atoms with Crippen LogP contribution >= 0.6 is 28.1 Å². The lowest BCUT2D eigenvalue weighted by molar-refractivity contribution is -0.132. The second-order valence-corrected chi connectivity index (χ2v) is 8.76. The van der Waals surface area contributed by atoms with Gasteiger partial charge < -0.3 is 19.5 Å². The Bertz CT molecular complexity index is 1060. The van der Waals surface area contributed by atoms with Gasteiger partial charge in [-0.2, -0.15) is 0 Å². The van der Waals surface area contributed by atoms with Gasteiger partial charge in [0.1, 0.15) is 0 Å². The maximum atomic E-state index is 12.8. The van der Waals surface area contributed by atoms with E-state index < -0.39 is 0 Å². The van der Waals surface area contributed by atoms with Gasteiger partial charge in [-0.3, -0.25) is 14.2 Å². The van der Waals surface area contributed by atoms with Gasteiger partial charge in [0.25, 0.3) is 5.56 Å². The Morgan fingerprint density at radius 3 is 2.55 bits per heavy atom. The number of fused-ring (bicyclic) bond motifs is 1. The summed E-state index contributed by atoms with van der Waals surface area (Å²) in [6.07, 6.45) is 2.49. The summed E-state index contributed by atoms with van der Waals surface area (Å²) in [6.45, 7) is 4.73. The molecule has 1 aromatic heterocycles. The van der Waals surface area contributed by atoms with Crippen LogP contribution in [-0.4, -0.2) is 64.1 Å². The van der Waals surface area contributed by atoms with Crippen molar-refractivity contribution in [2.75, 3.05) is 32.8 Å². The molecule has 2 heterocycles. The number of benzene rings is 1. The number of carbonyl (C=O) groups excluding carboxylic acids is 2. The number of piperazine rings is 1. The number of ether oxygens (including phenoxy) is 1. The first kappa shape index (κ1) is 23.5. The lowest BCUT2D eigenvalue weighted by atomic mass is 10.1. The second-order valence-electron chi connectivity index (χ2n) is 7.45. The molecule has 0 spiro atoms. The average Bonchev–Trinajstić information content (AvgIpc) is 2.76. The SMILES string of the molecule is CCOC(=O)N1CCN(C(=O)CCCCCn2c(=S)[nH]c3ccc(Br)cc3c2=O)CC1. The fourth-order valence-corrected chi connectivity index (χ4v) is 4.31. The number of carbonyl (C=O) groups is 2. The highest BCUT2D eigenvalue weighted by molar-refractivity contribution is 9.10. The number of halogens is 1. The summed E-state index contributed by atoms with van der Waals surface area (Å²) in [4.78, 5) is 43.5. The Hall–Kier alpha value is -2.20. The van der Waals surface area contributed by atoms with Crippen LogP contribution in [0, 0.1) is 4.77 Å². The summed E-state index contributed by atoms with van der Waals surface area (Å²) in [5.74, 6) is 0.105. The maximum Gasteiger partial charge on any atom is 0.409 e. The van der Waals surface area contributed by atoms with Gasteiger partial charge in [-0.05, 0) is 50.2 Å². The van der Waals surface area contributed by atoms with Gasteiger partial charge in [-0.15, -0.1) is 0 Å². The van der Waals surface area contributed by atoms with Crippen LogP contribution < -0.4 is 5.56 Å². The largest absolute Gasteiger partial charge is 0.450 e. The molecule has 0 saturated carbocycles. The molecule has 8 nitrogen and oxygen atoms in total. The van der Waals surface area contributed by atoms with E-state index in [2.05, 4.69) is 20.9 Å². The highest BCUT2D eigenvalue weighted by Gasteiger charge is 2.24.